The number of aromatic nitrogens is 1. The standard InChI is InChI=1S/C16H22N2Si/c1-19(2,3)16-8-6-14(7-9-16)11-18-13-15-5-4-10-17-12-15/h4-10,12,18H,11,13H2,1-3H3. The lowest BCUT2D eigenvalue weighted by atomic mass is 10.2. The molecule has 1 heterocycles. The third-order valence-corrected chi connectivity index (χ3v) is 5.27. The molecule has 19 heavy (non-hydrogen) atoms. The molecule has 0 fully saturated rings. The minimum atomic E-state index is -1.17. The SMILES string of the molecule is C[Si](C)(C)c1ccc(CNCc2cccnc2)cc1. The van der Waals surface area contributed by atoms with Crippen molar-refractivity contribution >= 4 is 13.3 Å². The summed E-state index contributed by atoms with van der Waals surface area (Å²) in [6.45, 7) is 8.90. The quantitative estimate of drug-likeness (QED) is 0.845. The third-order valence-electron chi connectivity index (χ3n) is 3.20. The first kappa shape index (κ1) is 14.0. The molecule has 2 nitrogen and oxygen atoms in total. The van der Waals surface area contributed by atoms with Gasteiger partial charge in [-0.15, -0.1) is 0 Å². The van der Waals surface area contributed by atoms with Gasteiger partial charge in [0.15, 0.2) is 0 Å². The van der Waals surface area contributed by atoms with E-state index >= 15 is 0 Å². The Balaban J connectivity index is 1.87. The van der Waals surface area contributed by atoms with Crippen molar-refractivity contribution in [1.82, 2.24) is 10.3 Å². The minimum absolute atomic E-state index is 0.865. The number of pyridine rings is 1. The van der Waals surface area contributed by atoms with Crippen molar-refractivity contribution in [1.29, 1.82) is 0 Å². The Morgan fingerprint density at radius 3 is 2.21 bits per heavy atom. The average molecular weight is 270 g/mol. The molecule has 0 aliphatic heterocycles. The van der Waals surface area contributed by atoms with Gasteiger partial charge in [-0.25, -0.2) is 0 Å². The molecule has 0 bridgehead atoms. The van der Waals surface area contributed by atoms with Gasteiger partial charge in [-0.1, -0.05) is 55.2 Å². The van der Waals surface area contributed by atoms with Gasteiger partial charge in [0.2, 0.25) is 0 Å². The van der Waals surface area contributed by atoms with Crippen LogP contribution in [-0.4, -0.2) is 13.1 Å². The van der Waals surface area contributed by atoms with E-state index in [2.05, 4.69) is 60.3 Å². The summed E-state index contributed by atoms with van der Waals surface area (Å²) in [5, 5.41) is 4.96. The largest absolute Gasteiger partial charge is 0.309 e. The summed E-state index contributed by atoms with van der Waals surface area (Å²) in [4.78, 5) is 4.11. The molecule has 0 atom stereocenters. The van der Waals surface area contributed by atoms with Crippen LogP contribution < -0.4 is 10.5 Å². The Morgan fingerprint density at radius 2 is 1.63 bits per heavy atom. The number of rotatable bonds is 5. The number of benzene rings is 1. The Bertz CT molecular complexity index is 501. The molecule has 0 spiro atoms. The van der Waals surface area contributed by atoms with Crippen LogP contribution in [0.25, 0.3) is 0 Å². The van der Waals surface area contributed by atoms with Gasteiger partial charge in [-0.05, 0) is 17.2 Å². The molecule has 0 aliphatic rings. The Hall–Kier alpha value is -1.45. The first-order valence-corrected chi connectivity index (χ1v) is 10.2. The van der Waals surface area contributed by atoms with Crippen LogP contribution in [0.4, 0.5) is 0 Å². The van der Waals surface area contributed by atoms with E-state index in [4.69, 9.17) is 0 Å². The van der Waals surface area contributed by atoms with Crippen LogP contribution >= 0.6 is 0 Å². The fraction of sp³-hybridized carbons (Fsp3) is 0.312. The fourth-order valence-electron chi connectivity index (χ4n) is 1.98. The van der Waals surface area contributed by atoms with E-state index in [1.54, 1.807) is 6.20 Å². The smallest absolute Gasteiger partial charge is 0.0775 e. The highest BCUT2D eigenvalue weighted by atomic mass is 28.3. The third kappa shape index (κ3) is 4.30. The zero-order valence-electron chi connectivity index (χ0n) is 12.0. The maximum atomic E-state index is 4.11. The molecule has 2 aromatic rings. The number of nitrogens with zero attached hydrogens (tertiary/aromatic N) is 1. The van der Waals surface area contributed by atoms with Gasteiger partial charge in [0, 0.05) is 25.5 Å². The molecule has 1 aromatic heterocycles. The van der Waals surface area contributed by atoms with Crippen molar-refractivity contribution < 1.29 is 0 Å². The summed E-state index contributed by atoms with van der Waals surface area (Å²) < 4.78 is 0. The van der Waals surface area contributed by atoms with Crippen molar-refractivity contribution in [2.45, 2.75) is 32.7 Å². The maximum absolute atomic E-state index is 4.11. The molecular formula is C16H22N2Si. The van der Waals surface area contributed by atoms with Gasteiger partial charge in [0.1, 0.15) is 0 Å². The van der Waals surface area contributed by atoms with Crippen LogP contribution in [0.15, 0.2) is 48.8 Å². The van der Waals surface area contributed by atoms with E-state index in [0.29, 0.717) is 0 Å². The van der Waals surface area contributed by atoms with Crippen molar-refractivity contribution in [2.75, 3.05) is 0 Å². The molecule has 100 valence electrons. The van der Waals surface area contributed by atoms with E-state index in [-0.39, 0.29) is 0 Å². The second kappa shape index (κ2) is 6.13. The summed E-state index contributed by atoms with van der Waals surface area (Å²) in [7, 11) is -1.17. The normalized spacial score (nSPS) is 11.5. The van der Waals surface area contributed by atoms with Gasteiger partial charge in [0.05, 0.1) is 8.07 Å². The summed E-state index contributed by atoms with van der Waals surface area (Å²) >= 11 is 0. The molecule has 0 amide bonds. The van der Waals surface area contributed by atoms with E-state index in [0.717, 1.165) is 13.1 Å². The Kier molecular flexibility index (Phi) is 4.50. The van der Waals surface area contributed by atoms with Crippen LogP contribution in [0, 0.1) is 0 Å². The second-order valence-corrected chi connectivity index (χ2v) is 11.0. The molecule has 2 rings (SSSR count). The Morgan fingerprint density at radius 1 is 0.947 bits per heavy atom. The lowest BCUT2D eigenvalue weighted by Crippen LogP contribution is -2.37. The van der Waals surface area contributed by atoms with Crippen LogP contribution in [0.5, 0.6) is 0 Å². The van der Waals surface area contributed by atoms with Crippen molar-refractivity contribution in [3.63, 3.8) is 0 Å². The number of nitrogens with one attached hydrogen (secondary N) is 1. The molecule has 0 saturated heterocycles. The van der Waals surface area contributed by atoms with E-state index in [1.165, 1.54) is 16.3 Å². The number of hydrogen-bond donors (Lipinski definition) is 1. The second-order valence-electron chi connectivity index (χ2n) is 5.91. The van der Waals surface area contributed by atoms with E-state index in [9.17, 15) is 0 Å². The van der Waals surface area contributed by atoms with Gasteiger partial charge >= 0.3 is 0 Å². The van der Waals surface area contributed by atoms with E-state index in [1.807, 2.05) is 12.3 Å². The lowest BCUT2D eigenvalue weighted by molar-refractivity contribution is 0.691. The molecule has 1 aromatic carbocycles. The first-order valence-electron chi connectivity index (χ1n) is 6.75. The van der Waals surface area contributed by atoms with Crippen LogP contribution in [-0.2, 0) is 13.1 Å². The molecule has 3 heteroatoms. The van der Waals surface area contributed by atoms with Gasteiger partial charge in [-0.2, -0.15) is 0 Å². The average Bonchev–Trinajstić information content (AvgIpc) is 2.39. The van der Waals surface area contributed by atoms with Crippen LogP contribution in [0.2, 0.25) is 19.6 Å². The number of hydrogen-bond acceptors (Lipinski definition) is 2. The van der Waals surface area contributed by atoms with Gasteiger partial charge in [-0.3, -0.25) is 4.98 Å². The molecule has 0 radical (unpaired) electrons. The van der Waals surface area contributed by atoms with Crippen LogP contribution in [0.3, 0.4) is 0 Å². The summed E-state index contributed by atoms with van der Waals surface area (Å²) in [6.07, 6.45) is 3.71. The molecule has 0 aliphatic carbocycles. The highest BCUT2D eigenvalue weighted by Gasteiger charge is 2.15. The highest BCUT2D eigenvalue weighted by molar-refractivity contribution is 6.88. The fourth-order valence-corrected chi connectivity index (χ4v) is 3.14. The maximum Gasteiger partial charge on any atom is 0.0775 e. The van der Waals surface area contributed by atoms with Gasteiger partial charge in [0.25, 0.3) is 0 Å². The monoisotopic (exact) mass is 270 g/mol. The molecule has 0 unspecified atom stereocenters. The molecule has 1 N–H and O–H groups in total. The molecule has 0 saturated carbocycles. The van der Waals surface area contributed by atoms with E-state index < -0.39 is 8.07 Å². The lowest BCUT2D eigenvalue weighted by Gasteiger charge is -2.16. The topological polar surface area (TPSA) is 24.9 Å². The zero-order chi connectivity index (χ0) is 13.7. The predicted molar refractivity (Wildman–Crippen MR) is 84.2 cm³/mol. The Labute approximate surface area is 116 Å². The minimum Gasteiger partial charge on any atom is -0.309 e. The zero-order valence-corrected chi connectivity index (χ0v) is 13.0. The summed E-state index contributed by atoms with van der Waals surface area (Å²) in [5.41, 5.74) is 2.56. The highest BCUT2D eigenvalue weighted by Crippen LogP contribution is 2.05. The van der Waals surface area contributed by atoms with Crippen molar-refractivity contribution in [2.24, 2.45) is 0 Å². The first-order chi connectivity index (χ1) is 9.05. The summed E-state index contributed by atoms with van der Waals surface area (Å²) in [5.74, 6) is 0. The van der Waals surface area contributed by atoms with Crippen molar-refractivity contribution in [3.05, 3.63) is 59.9 Å². The van der Waals surface area contributed by atoms with Crippen LogP contribution in [0.1, 0.15) is 11.1 Å². The van der Waals surface area contributed by atoms with Crippen molar-refractivity contribution in [3.8, 4) is 0 Å². The molecular weight excluding hydrogens is 248 g/mol. The van der Waals surface area contributed by atoms with Gasteiger partial charge < -0.3 is 5.32 Å². The predicted octanol–water partition coefficient (Wildman–Crippen LogP) is 2.92. The summed E-state index contributed by atoms with van der Waals surface area (Å²) in [6, 6.07) is 13.1.